The summed E-state index contributed by atoms with van der Waals surface area (Å²) in [7, 11) is 0. The fraction of sp³-hybridized carbons (Fsp3) is 0.533. The molecule has 2 rings (SSSR count). The molecule has 1 aromatic rings. The fourth-order valence-corrected chi connectivity index (χ4v) is 2.83. The zero-order valence-corrected chi connectivity index (χ0v) is 12.6. The van der Waals surface area contributed by atoms with E-state index in [0.717, 1.165) is 25.2 Å². The van der Waals surface area contributed by atoms with Crippen LogP contribution in [0.25, 0.3) is 0 Å². The zero-order chi connectivity index (χ0) is 14.2. The largest absolute Gasteiger partial charge is 0.389 e. The molecule has 104 valence electrons. The van der Waals surface area contributed by atoms with Crippen molar-refractivity contribution >= 4 is 22.9 Å². The molecule has 2 nitrogen and oxygen atoms in total. The van der Waals surface area contributed by atoms with Crippen LogP contribution in [0.3, 0.4) is 0 Å². The summed E-state index contributed by atoms with van der Waals surface area (Å²) in [4.78, 5) is 2.53. The summed E-state index contributed by atoms with van der Waals surface area (Å²) in [5.74, 6) is 0.342. The summed E-state index contributed by atoms with van der Waals surface area (Å²) in [5.41, 5.74) is 7.60. The molecule has 0 radical (unpaired) electrons. The quantitative estimate of drug-likeness (QED) is 0.843. The van der Waals surface area contributed by atoms with Gasteiger partial charge in [0.15, 0.2) is 0 Å². The molecular weight excluding hydrogens is 259 g/mol. The van der Waals surface area contributed by atoms with Crippen molar-refractivity contribution in [3.05, 3.63) is 29.6 Å². The number of halogens is 1. The Kier molecular flexibility index (Phi) is 3.81. The van der Waals surface area contributed by atoms with E-state index < -0.39 is 0 Å². The van der Waals surface area contributed by atoms with Gasteiger partial charge < -0.3 is 10.6 Å². The first-order valence-corrected chi connectivity index (χ1v) is 7.04. The summed E-state index contributed by atoms with van der Waals surface area (Å²) in [6.45, 7) is 8.74. The molecule has 19 heavy (non-hydrogen) atoms. The lowest BCUT2D eigenvalue weighted by molar-refractivity contribution is 0.263. The van der Waals surface area contributed by atoms with Crippen LogP contribution in [-0.4, -0.2) is 18.1 Å². The molecule has 0 aliphatic carbocycles. The number of hydrogen-bond donors (Lipinski definition) is 1. The van der Waals surface area contributed by atoms with Crippen molar-refractivity contribution in [3.63, 3.8) is 0 Å². The van der Waals surface area contributed by atoms with Crippen molar-refractivity contribution in [3.8, 4) is 0 Å². The first kappa shape index (κ1) is 14.3. The average Bonchev–Trinajstić information content (AvgIpc) is 2.77. The highest BCUT2D eigenvalue weighted by Crippen LogP contribution is 2.36. The topological polar surface area (TPSA) is 29.3 Å². The standard InChI is InChI=1S/C15H21FN2S/c1-15(2,3)10-6-7-18(9-10)13-5-4-11(16)8-12(13)14(17)19/h4-5,8,10H,6-7,9H2,1-3H3,(H2,17,19). The molecule has 1 heterocycles. The van der Waals surface area contributed by atoms with E-state index in [2.05, 4.69) is 25.7 Å². The number of benzene rings is 1. The second kappa shape index (κ2) is 5.08. The lowest BCUT2D eigenvalue weighted by atomic mass is 9.80. The summed E-state index contributed by atoms with van der Waals surface area (Å²) < 4.78 is 13.3. The SMILES string of the molecule is CC(C)(C)C1CCN(c2ccc(F)cc2C(N)=S)C1. The Balaban J connectivity index is 2.27. The maximum absolute atomic E-state index is 13.3. The molecule has 0 aromatic heterocycles. The van der Waals surface area contributed by atoms with Crippen molar-refractivity contribution in [2.45, 2.75) is 27.2 Å². The lowest BCUT2D eigenvalue weighted by Crippen LogP contribution is -2.27. The molecule has 1 aliphatic rings. The Hall–Kier alpha value is -1.16. The van der Waals surface area contributed by atoms with Gasteiger partial charge in [-0.05, 0) is 36.0 Å². The highest BCUT2D eigenvalue weighted by molar-refractivity contribution is 7.80. The van der Waals surface area contributed by atoms with Gasteiger partial charge >= 0.3 is 0 Å². The highest BCUT2D eigenvalue weighted by atomic mass is 32.1. The Labute approximate surface area is 119 Å². The van der Waals surface area contributed by atoms with Crippen LogP contribution in [0, 0.1) is 17.2 Å². The Morgan fingerprint density at radius 1 is 1.42 bits per heavy atom. The van der Waals surface area contributed by atoms with Crippen LogP contribution in [-0.2, 0) is 0 Å². The van der Waals surface area contributed by atoms with E-state index in [1.165, 1.54) is 12.1 Å². The summed E-state index contributed by atoms with van der Waals surface area (Å²) in [6, 6.07) is 4.69. The third-order valence-corrected chi connectivity index (χ3v) is 4.20. The lowest BCUT2D eigenvalue weighted by Gasteiger charge is -2.28. The first-order valence-electron chi connectivity index (χ1n) is 6.63. The van der Waals surface area contributed by atoms with E-state index >= 15 is 0 Å². The van der Waals surface area contributed by atoms with E-state index in [1.54, 1.807) is 6.07 Å². The zero-order valence-electron chi connectivity index (χ0n) is 11.7. The van der Waals surface area contributed by atoms with Crippen molar-refractivity contribution in [1.29, 1.82) is 0 Å². The number of hydrogen-bond acceptors (Lipinski definition) is 2. The van der Waals surface area contributed by atoms with Gasteiger partial charge in [-0.2, -0.15) is 0 Å². The van der Waals surface area contributed by atoms with Crippen LogP contribution >= 0.6 is 12.2 Å². The molecule has 1 fully saturated rings. The molecule has 1 saturated heterocycles. The number of nitrogens with zero attached hydrogens (tertiary/aromatic N) is 1. The highest BCUT2D eigenvalue weighted by Gasteiger charge is 2.32. The maximum atomic E-state index is 13.3. The molecule has 4 heteroatoms. The number of anilines is 1. The second-order valence-corrected chi connectivity index (χ2v) is 6.76. The van der Waals surface area contributed by atoms with Gasteiger partial charge in [0.05, 0.1) is 0 Å². The molecule has 2 N–H and O–H groups in total. The van der Waals surface area contributed by atoms with Gasteiger partial charge in [0.2, 0.25) is 0 Å². The van der Waals surface area contributed by atoms with Crippen LogP contribution in [0.4, 0.5) is 10.1 Å². The Morgan fingerprint density at radius 3 is 2.63 bits per heavy atom. The van der Waals surface area contributed by atoms with Gasteiger partial charge in [-0.15, -0.1) is 0 Å². The first-order chi connectivity index (χ1) is 8.79. The minimum absolute atomic E-state index is 0.258. The van der Waals surface area contributed by atoms with Crippen molar-refractivity contribution in [1.82, 2.24) is 0 Å². The average molecular weight is 280 g/mol. The van der Waals surface area contributed by atoms with Crippen LogP contribution in [0.2, 0.25) is 0 Å². The number of thiocarbonyl (C=S) groups is 1. The molecule has 0 bridgehead atoms. The smallest absolute Gasteiger partial charge is 0.124 e. The van der Waals surface area contributed by atoms with Crippen LogP contribution < -0.4 is 10.6 Å². The molecule has 0 amide bonds. The van der Waals surface area contributed by atoms with Gasteiger partial charge in [-0.1, -0.05) is 33.0 Å². The van der Waals surface area contributed by atoms with E-state index in [1.807, 2.05) is 0 Å². The van der Waals surface area contributed by atoms with Crippen LogP contribution in [0.15, 0.2) is 18.2 Å². The molecule has 0 saturated carbocycles. The van der Waals surface area contributed by atoms with Gasteiger partial charge in [0, 0.05) is 24.3 Å². The van der Waals surface area contributed by atoms with E-state index in [-0.39, 0.29) is 16.2 Å². The van der Waals surface area contributed by atoms with Crippen LogP contribution in [0.5, 0.6) is 0 Å². The summed E-state index contributed by atoms with van der Waals surface area (Å²) in [5, 5.41) is 0. The minimum Gasteiger partial charge on any atom is -0.389 e. The van der Waals surface area contributed by atoms with Gasteiger partial charge in [-0.3, -0.25) is 0 Å². The van der Waals surface area contributed by atoms with Crippen molar-refractivity contribution in [2.24, 2.45) is 17.1 Å². The predicted octanol–water partition coefficient (Wildman–Crippen LogP) is 3.33. The Morgan fingerprint density at radius 2 is 2.11 bits per heavy atom. The van der Waals surface area contributed by atoms with Crippen molar-refractivity contribution < 1.29 is 4.39 Å². The van der Waals surface area contributed by atoms with Gasteiger partial charge in [0.25, 0.3) is 0 Å². The number of nitrogens with two attached hydrogens (primary N) is 1. The van der Waals surface area contributed by atoms with Gasteiger partial charge in [-0.25, -0.2) is 4.39 Å². The summed E-state index contributed by atoms with van der Waals surface area (Å²) >= 11 is 5.03. The minimum atomic E-state index is -0.293. The molecule has 1 aliphatic heterocycles. The van der Waals surface area contributed by atoms with Crippen molar-refractivity contribution in [2.75, 3.05) is 18.0 Å². The third kappa shape index (κ3) is 3.06. The monoisotopic (exact) mass is 280 g/mol. The molecule has 1 aromatic carbocycles. The Bertz CT molecular complexity index is 493. The summed E-state index contributed by atoms with van der Waals surface area (Å²) in [6.07, 6.45) is 1.15. The second-order valence-electron chi connectivity index (χ2n) is 6.32. The molecule has 0 spiro atoms. The molecule has 1 unspecified atom stereocenters. The van der Waals surface area contributed by atoms with E-state index in [4.69, 9.17) is 18.0 Å². The molecular formula is C15H21FN2S. The fourth-order valence-electron chi connectivity index (χ4n) is 2.67. The maximum Gasteiger partial charge on any atom is 0.124 e. The van der Waals surface area contributed by atoms with E-state index in [0.29, 0.717) is 11.5 Å². The molecule has 1 atom stereocenters. The van der Waals surface area contributed by atoms with Crippen LogP contribution in [0.1, 0.15) is 32.8 Å². The normalized spacial score (nSPS) is 19.8. The third-order valence-electron chi connectivity index (χ3n) is 3.98. The predicted molar refractivity (Wildman–Crippen MR) is 82.1 cm³/mol. The van der Waals surface area contributed by atoms with E-state index in [9.17, 15) is 4.39 Å². The number of rotatable bonds is 2. The van der Waals surface area contributed by atoms with Gasteiger partial charge in [0.1, 0.15) is 10.8 Å².